The first-order chi connectivity index (χ1) is 15.7. The molecule has 0 fully saturated rings. The smallest absolute Gasteiger partial charge is 0.326 e. The van der Waals surface area contributed by atoms with Crippen molar-refractivity contribution in [1.82, 2.24) is 16.0 Å². The minimum atomic E-state index is -1.16. The van der Waals surface area contributed by atoms with Gasteiger partial charge in [-0.3, -0.25) is 14.4 Å². The molecule has 1 rings (SSSR count). The third kappa shape index (κ3) is 10.5. The number of amides is 3. The maximum Gasteiger partial charge on any atom is 0.326 e. The first kappa shape index (κ1) is 28.1. The summed E-state index contributed by atoms with van der Waals surface area (Å²) in [6.07, 6.45) is 2.30. The first-order valence-corrected chi connectivity index (χ1v) is 11.3. The maximum atomic E-state index is 12.9. The molecule has 0 bridgehead atoms. The first-order valence-electron chi connectivity index (χ1n) is 11.3. The highest BCUT2D eigenvalue weighted by Crippen LogP contribution is 2.07. The molecule has 0 saturated heterocycles. The van der Waals surface area contributed by atoms with Gasteiger partial charge in [-0.05, 0) is 37.3 Å². The molecular weight excluding hydrogens is 426 g/mol. The van der Waals surface area contributed by atoms with Gasteiger partial charge < -0.3 is 32.5 Å². The van der Waals surface area contributed by atoms with Crippen molar-refractivity contribution in [2.45, 2.75) is 64.1 Å². The maximum absolute atomic E-state index is 12.9. The van der Waals surface area contributed by atoms with Gasteiger partial charge in [0.2, 0.25) is 17.7 Å². The van der Waals surface area contributed by atoms with Crippen molar-refractivity contribution in [3.63, 3.8) is 0 Å². The lowest BCUT2D eigenvalue weighted by Gasteiger charge is -2.22. The van der Waals surface area contributed by atoms with Gasteiger partial charge in [0.05, 0.1) is 12.6 Å². The molecule has 0 aromatic heterocycles. The summed E-state index contributed by atoms with van der Waals surface area (Å²) in [6.45, 7) is 3.84. The molecule has 3 amide bonds. The van der Waals surface area contributed by atoms with Crippen LogP contribution in [0.25, 0.3) is 0 Å². The van der Waals surface area contributed by atoms with Crippen LogP contribution in [0, 0.1) is 5.92 Å². The number of hydrogen-bond donors (Lipinski definition) is 6. The molecule has 1 aromatic carbocycles. The molecule has 4 atom stereocenters. The molecule has 184 valence electrons. The fourth-order valence-corrected chi connectivity index (χ4v) is 3.12. The highest BCUT2D eigenvalue weighted by molar-refractivity contribution is 5.92. The van der Waals surface area contributed by atoms with E-state index >= 15 is 0 Å². The van der Waals surface area contributed by atoms with Gasteiger partial charge in [0.25, 0.3) is 0 Å². The minimum absolute atomic E-state index is 0.0445. The number of rotatable bonds is 15. The number of carbonyl (C=O) groups excluding carboxylic acids is 3. The van der Waals surface area contributed by atoms with Gasteiger partial charge in [0, 0.05) is 6.42 Å². The van der Waals surface area contributed by atoms with Gasteiger partial charge in [0.1, 0.15) is 12.1 Å². The van der Waals surface area contributed by atoms with Crippen molar-refractivity contribution in [1.29, 1.82) is 0 Å². The molecular formula is C23H37N5O5. The Labute approximate surface area is 194 Å². The van der Waals surface area contributed by atoms with E-state index in [4.69, 9.17) is 11.5 Å². The summed E-state index contributed by atoms with van der Waals surface area (Å²) < 4.78 is 0. The number of hydrogen-bond acceptors (Lipinski definition) is 6. The quantitative estimate of drug-likeness (QED) is 0.197. The van der Waals surface area contributed by atoms with Crippen molar-refractivity contribution in [2.75, 3.05) is 13.1 Å². The van der Waals surface area contributed by atoms with E-state index in [1.54, 1.807) is 24.3 Å². The number of aliphatic carboxylic acids is 1. The Morgan fingerprint density at radius 2 is 1.67 bits per heavy atom. The largest absolute Gasteiger partial charge is 0.480 e. The van der Waals surface area contributed by atoms with Crippen LogP contribution in [0.3, 0.4) is 0 Å². The summed E-state index contributed by atoms with van der Waals surface area (Å²) in [5.74, 6) is -2.84. The van der Waals surface area contributed by atoms with Crippen LogP contribution < -0.4 is 27.4 Å². The predicted octanol–water partition coefficient (Wildman–Crippen LogP) is -0.0981. The highest BCUT2D eigenvalue weighted by Gasteiger charge is 2.27. The van der Waals surface area contributed by atoms with Crippen molar-refractivity contribution in [3.8, 4) is 0 Å². The average Bonchev–Trinajstić information content (AvgIpc) is 2.80. The molecule has 8 N–H and O–H groups in total. The number of carbonyl (C=O) groups is 4. The number of benzene rings is 1. The zero-order valence-corrected chi connectivity index (χ0v) is 19.4. The van der Waals surface area contributed by atoms with Gasteiger partial charge in [0.15, 0.2) is 0 Å². The van der Waals surface area contributed by atoms with Crippen LogP contribution in [0.2, 0.25) is 0 Å². The normalized spacial score (nSPS) is 14.4. The van der Waals surface area contributed by atoms with Crippen molar-refractivity contribution < 1.29 is 24.3 Å². The number of carboxylic acids is 1. The summed E-state index contributed by atoms with van der Waals surface area (Å²) in [7, 11) is 0. The molecule has 10 nitrogen and oxygen atoms in total. The number of carboxylic acid groups (broad SMARTS) is 1. The molecule has 0 spiro atoms. The lowest BCUT2D eigenvalue weighted by Crippen LogP contribution is -2.54. The Morgan fingerprint density at radius 1 is 1.00 bits per heavy atom. The van der Waals surface area contributed by atoms with E-state index in [9.17, 15) is 24.3 Å². The highest BCUT2D eigenvalue weighted by atomic mass is 16.4. The van der Waals surface area contributed by atoms with Crippen molar-refractivity contribution >= 4 is 23.7 Å². The van der Waals surface area contributed by atoms with E-state index in [2.05, 4.69) is 16.0 Å². The van der Waals surface area contributed by atoms with E-state index in [1.807, 2.05) is 19.9 Å². The summed E-state index contributed by atoms with van der Waals surface area (Å²) >= 11 is 0. The third-order valence-corrected chi connectivity index (χ3v) is 5.48. The molecule has 0 radical (unpaired) electrons. The second-order valence-electron chi connectivity index (χ2n) is 8.12. The van der Waals surface area contributed by atoms with Gasteiger partial charge >= 0.3 is 5.97 Å². The topological polar surface area (TPSA) is 177 Å². The average molecular weight is 464 g/mol. The van der Waals surface area contributed by atoms with Gasteiger partial charge in [-0.15, -0.1) is 0 Å². The second kappa shape index (κ2) is 15.0. The Kier molecular flexibility index (Phi) is 12.7. The standard InChI is InChI=1S/C23H37N5O5/c1-3-15(2)20(25)22(31)26-14-19(29)27-18(13-16-9-5-4-6-10-16)21(30)28-17(23(32)33)11-7-8-12-24/h4-6,9-10,15,17-18,20H,3,7-8,11-14,24-25H2,1-2H3,(H,26,31)(H,27,29)(H,28,30)(H,32,33). The fourth-order valence-electron chi connectivity index (χ4n) is 3.12. The van der Waals surface area contributed by atoms with Crippen LogP contribution in [-0.2, 0) is 25.6 Å². The Morgan fingerprint density at radius 3 is 2.24 bits per heavy atom. The van der Waals surface area contributed by atoms with E-state index in [0.29, 0.717) is 19.4 Å². The van der Waals surface area contributed by atoms with E-state index in [-0.39, 0.29) is 25.3 Å². The summed E-state index contributed by atoms with van der Waals surface area (Å²) in [4.78, 5) is 49.0. The van der Waals surface area contributed by atoms with Gasteiger partial charge in [-0.1, -0.05) is 50.6 Å². The zero-order valence-electron chi connectivity index (χ0n) is 19.4. The Hall–Kier alpha value is -2.98. The molecule has 1 aromatic rings. The third-order valence-electron chi connectivity index (χ3n) is 5.48. The van der Waals surface area contributed by atoms with Gasteiger partial charge in [-0.2, -0.15) is 0 Å². The second-order valence-corrected chi connectivity index (χ2v) is 8.12. The molecule has 4 unspecified atom stereocenters. The van der Waals surface area contributed by atoms with Crippen molar-refractivity contribution in [3.05, 3.63) is 35.9 Å². The lowest BCUT2D eigenvalue weighted by atomic mass is 9.99. The van der Waals surface area contributed by atoms with E-state index in [1.165, 1.54) is 0 Å². The summed E-state index contributed by atoms with van der Waals surface area (Å²) in [5, 5.41) is 17.0. The zero-order chi connectivity index (χ0) is 24.8. The molecule has 0 aliphatic rings. The summed E-state index contributed by atoms with van der Waals surface area (Å²) in [5.41, 5.74) is 12.1. The Bertz CT molecular complexity index is 774. The molecule has 0 aliphatic heterocycles. The summed E-state index contributed by atoms with van der Waals surface area (Å²) in [6, 6.07) is 6.18. The van der Waals surface area contributed by atoms with Gasteiger partial charge in [-0.25, -0.2) is 4.79 Å². The van der Waals surface area contributed by atoms with E-state index in [0.717, 1.165) is 12.0 Å². The van der Waals surface area contributed by atoms with Crippen LogP contribution >= 0.6 is 0 Å². The molecule has 10 heteroatoms. The number of nitrogens with one attached hydrogen (secondary N) is 3. The lowest BCUT2D eigenvalue weighted by molar-refractivity contribution is -0.142. The SMILES string of the molecule is CCC(C)C(N)C(=O)NCC(=O)NC(Cc1ccccc1)C(=O)NC(CCCCN)C(=O)O. The molecule has 0 heterocycles. The molecule has 0 saturated carbocycles. The van der Waals surface area contributed by atoms with Crippen LogP contribution in [0.5, 0.6) is 0 Å². The van der Waals surface area contributed by atoms with Crippen LogP contribution in [0.1, 0.15) is 45.1 Å². The number of unbranched alkanes of at least 4 members (excludes halogenated alkanes) is 1. The molecule has 0 aliphatic carbocycles. The van der Waals surface area contributed by atoms with Crippen LogP contribution in [-0.4, -0.2) is 60.0 Å². The fraction of sp³-hybridized carbons (Fsp3) is 0.565. The Balaban J connectivity index is 2.82. The predicted molar refractivity (Wildman–Crippen MR) is 125 cm³/mol. The van der Waals surface area contributed by atoms with Crippen LogP contribution in [0.4, 0.5) is 0 Å². The monoisotopic (exact) mass is 463 g/mol. The number of nitrogens with two attached hydrogens (primary N) is 2. The van der Waals surface area contributed by atoms with Crippen molar-refractivity contribution in [2.24, 2.45) is 17.4 Å². The van der Waals surface area contributed by atoms with E-state index < -0.39 is 41.8 Å². The van der Waals surface area contributed by atoms with Crippen LogP contribution in [0.15, 0.2) is 30.3 Å². The minimum Gasteiger partial charge on any atom is -0.480 e. The molecule has 33 heavy (non-hydrogen) atoms.